The first-order chi connectivity index (χ1) is 16.5. The highest BCUT2D eigenvalue weighted by Gasteiger charge is 2.30. The van der Waals surface area contributed by atoms with Gasteiger partial charge in [-0.1, -0.05) is 23.7 Å². The summed E-state index contributed by atoms with van der Waals surface area (Å²) in [6.45, 7) is 0.692. The SMILES string of the molecule is COc1ccc(N)cc1CC1COc2ccc(OCc3ccc4ccc(Cl)cc4n3)cc2C1O. The summed E-state index contributed by atoms with van der Waals surface area (Å²) in [5.74, 6) is 1.89. The van der Waals surface area contributed by atoms with Crippen LogP contribution in [0.4, 0.5) is 5.69 Å². The Labute approximate surface area is 202 Å². The average molecular weight is 477 g/mol. The van der Waals surface area contributed by atoms with Crippen LogP contribution < -0.4 is 19.9 Å². The van der Waals surface area contributed by atoms with Crippen LogP contribution in [0, 0.1) is 5.92 Å². The summed E-state index contributed by atoms with van der Waals surface area (Å²) in [4.78, 5) is 4.63. The number of ether oxygens (including phenoxy) is 3. The number of nitrogens with two attached hydrogens (primary N) is 1. The highest BCUT2D eigenvalue weighted by molar-refractivity contribution is 6.31. The predicted molar refractivity (Wildman–Crippen MR) is 133 cm³/mol. The van der Waals surface area contributed by atoms with E-state index in [0.717, 1.165) is 27.9 Å². The molecule has 0 aliphatic carbocycles. The van der Waals surface area contributed by atoms with Crippen LogP contribution in [-0.4, -0.2) is 23.8 Å². The molecule has 2 atom stereocenters. The molecule has 2 heterocycles. The summed E-state index contributed by atoms with van der Waals surface area (Å²) in [7, 11) is 1.63. The number of fused-ring (bicyclic) bond motifs is 2. The van der Waals surface area contributed by atoms with Crippen molar-refractivity contribution in [3.8, 4) is 17.2 Å². The molecule has 3 N–H and O–H groups in total. The maximum absolute atomic E-state index is 11.1. The Morgan fingerprint density at radius 1 is 1.09 bits per heavy atom. The molecule has 6 nitrogen and oxygen atoms in total. The number of rotatable bonds is 6. The Kier molecular flexibility index (Phi) is 6.18. The lowest BCUT2D eigenvalue weighted by Crippen LogP contribution is -2.27. The van der Waals surface area contributed by atoms with Gasteiger partial charge in [-0.15, -0.1) is 0 Å². The molecule has 34 heavy (non-hydrogen) atoms. The molecule has 0 bridgehead atoms. The third-order valence-electron chi connectivity index (χ3n) is 6.08. The van der Waals surface area contributed by atoms with E-state index in [1.165, 1.54) is 0 Å². The molecule has 0 saturated heterocycles. The molecule has 0 amide bonds. The number of hydrogen-bond acceptors (Lipinski definition) is 6. The van der Waals surface area contributed by atoms with Crippen molar-refractivity contribution in [2.75, 3.05) is 19.5 Å². The van der Waals surface area contributed by atoms with E-state index >= 15 is 0 Å². The van der Waals surface area contributed by atoms with Crippen molar-refractivity contribution in [2.24, 2.45) is 5.92 Å². The number of nitrogens with zero attached hydrogens (tertiary/aromatic N) is 1. The Hall–Kier alpha value is -3.48. The van der Waals surface area contributed by atoms with E-state index in [-0.39, 0.29) is 5.92 Å². The third kappa shape index (κ3) is 4.60. The number of methoxy groups -OCH3 is 1. The summed E-state index contributed by atoms with van der Waals surface area (Å²) in [6.07, 6.45) is -0.136. The van der Waals surface area contributed by atoms with Crippen LogP contribution >= 0.6 is 11.6 Å². The number of nitrogen functional groups attached to an aromatic ring is 1. The van der Waals surface area contributed by atoms with Gasteiger partial charge in [-0.3, -0.25) is 0 Å². The van der Waals surface area contributed by atoms with Crippen molar-refractivity contribution in [3.05, 3.63) is 88.6 Å². The maximum atomic E-state index is 11.1. The third-order valence-corrected chi connectivity index (χ3v) is 6.32. The highest BCUT2D eigenvalue weighted by Crippen LogP contribution is 2.40. The molecule has 174 valence electrons. The van der Waals surface area contributed by atoms with Gasteiger partial charge in [0.25, 0.3) is 0 Å². The lowest BCUT2D eigenvalue weighted by molar-refractivity contribution is 0.0502. The number of anilines is 1. The largest absolute Gasteiger partial charge is 0.496 e. The second-order valence-corrected chi connectivity index (χ2v) is 8.86. The Morgan fingerprint density at radius 2 is 1.94 bits per heavy atom. The van der Waals surface area contributed by atoms with Crippen LogP contribution in [0.5, 0.6) is 17.2 Å². The minimum absolute atomic E-state index is 0.148. The first-order valence-electron chi connectivity index (χ1n) is 11.1. The molecular formula is C27H25ClN2O4. The highest BCUT2D eigenvalue weighted by atomic mass is 35.5. The Bertz CT molecular complexity index is 1340. The monoisotopic (exact) mass is 476 g/mol. The van der Waals surface area contributed by atoms with Crippen molar-refractivity contribution < 1.29 is 19.3 Å². The Balaban J connectivity index is 1.32. The van der Waals surface area contributed by atoms with Crippen LogP contribution in [0.3, 0.4) is 0 Å². The molecule has 7 heteroatoms. The van der Waals surface area contributed by atoms with Gasteiger partial charge in [-0.25, -0.2) is 4.98 Å². The van der Waals surface area contributed by atoms with Crippen molar-refractivity contribution in [3.63, 3.8) is 0 Å². The van der Waals surface area contributed by atoms with Gasteiger partial charge in [0.1, 0.15) is 23.9 Å². The molecular weight excluding hydrogens is 452 g/mol. The molecule has 4 aromatic rings. The zero-order valence-corrected chi connectivity index (χ0v) is 19.5. The van der Waals surface area contributed by atoms with E-state index in [1.54, 1.807) is 13.2 Å². The van der Waals surface area contributed by atoms with Crippen LogP contribution in [0.25, 0.3) is 10.9 Å². The normalized spacial score (nSPS) is 17.1. The molecule has 2 unspecified atom stereocenters. The van der Waals surface area contributed by atoms with Gasteiger partial charge in [0, 0.05) is 27.6 Å². The zero-order chi connectivity index (χ0) is 23.7. The fourth-order valence-corrected chi connectivity index (χ4v) is 4.47. The van der Waals surface area contributed by atoms with E-state index in [1.807, 2.05) is 60.7 Å². The van der Waals surface area contributed by atoms with Gasteiger partial charge in [0.2, 0.25) is 0 Å². The molecule has 0 saturated carbocycles. The standard InChI is InChI=1S/C27H25ClN2O4/c1-32-25-8-5-20(29)11-17(25)10-18-14-34-26-9-7-22(13-23(26)27(18)31)33-15-21-6-3-16-2-4-19(28)12-24(16)30-21/h2-9,11-13,18,27,31H,10,14-15,29H2,1H3. The number of pyridine rings is 1. The first-order valence-corrected chi connectivity index (χ1v) is 11.4. The summed E-state index contributed by atoms with van der Waals surface area (Å²) < 4.78 is 17.4. The summed E-state index contributed by atoms with van der Waals surface area (Å²) in [6, 6.07) is 20.6. The van der Waals surface area contributed by atoms with Crippen molar-refractivity contribution >= 4 is 28.2 Å². The average Bonchev–Trinajstić information content (AvgIpc) is 2.84. The van der Waals surface area contributed by atoms with Crippen LogP contribution in [0.15, 0.2) is 66.7 Å². The Morgan fingerprint density at radius 3 is 2.79 bits per heavy atom. The van der Waals surface area contributed by atoms with E-state index in [9.17, 15) is 5.11 Å². The second-order valence-electron chi connectivity index (χ2n) is 8.42. The first kappa shape index (κ1) is 22.3. The number of aliphatic hydroxyl groups is 1. The molecule has 1 aromatic heterocycles. The fourth-order valence-electron chi connectivity index (χ4n) is 4.30. The van der Waals surface area contributed by atoms with Crippen molar-refractivity contribution in [1.29, 1.82) is 0 Å². The molecule has 3 aromatic carbocycles. The number of aliphatic hydroxyl groups excluding tert-OH is 1. The van der Waals surface area contributed by atoms with E-state index < -0.39 is 6.10 Å². The van der Waals surface area contributed by atoms with E-state index in [0.29, 0.717) is 47.4 Å². The molecule has 0 spiro atoms. The van der Waals surface area contributed by atoms with Gasteiger partial charge >= 0.3 is 0 Å². The minimum atomic E-state index is -0.709. The number of benzene rings is 3. The van der Waals surface area contributed by atoms with Gasteiger partial charge in [-0.2, -0.15) is 0 Å². The van der Waals surface area contributed by atoms with Gasteiger partial charge < -0.3 is 25.1 Å². The number of aromatic nitrogens is 1. The van der Waals surface area contributed by atoms with E-state index in [4.69, 9.17) is 31.5 Å². The summed E-state index contributed by atoms with van der Waals surface area (Å²) >= 11 is 6.09. The molecule has 5 rings (SSSR count). The molecule has 0 radical (unpaired) electrons. The van der Waals surface area contributed by atoms with Crippen molar-refractivity contribution in [2.45, 2.75) is 19.1 Å². The zero-order valence-electron chi connectivity index (χ0n) is 18.7. The van der Waals surface area contributed by atoms with Crippen LogP contribution in [-0.2, 0) is 13.0 Å². The number of halogens is 1. The predicted octanol–water partition coefficient (Wildman–Crippen LogP) is 5.34. The topological polar surface area (TPSA) is 86.8 Å². The molecule has 1 aliphatic rings. The molecule has 0 fully saturated rings. The lowest BCUT2D eigenvalue weighted by atomic mass is 9.87. The molecule has 1 aliphatic heterocycles. The summed E-state index contributed by atoms with van der Waals surface area (Å²) in [5, 5.41) is 12.8. The van der Waals surface area contributed by atoms with Gasteiger partial charge in [0.15, 0.2) is 0 Å². The maximum Gasteiger partial charge on any atom is 0.130 e. The van der Waals surface area contributed by atoms with E-state index in [2.05, 4.69) is 4.98 Å². The second kappa shape index (κ2) is 9.41. The van der Waals surface area contributed by atoms with Gasteiger partial charge in [0.05, 0.1) is 31.0 Å². The quantitative estimate of drug-likeness (QED) is 0.365. The van der Waals surface area contributed by atoms with Crippen LogP contribution in [0.2, 0.25) is 5.02 Å². The van der Waals surface area contributed by atoms with Gasteiger partial charge in [-0.05, 0) is 66.6 Å². The number of hydrogen-bond donors (Lipinski definition) is 2. The van der Waals surface area contributed by atoms with Crippen LogP contribution in [0.1, 0.15) is 22.9 Å². The lowest BCUT2D eigenvalue weighted by Gasteiger charge is -2.31. The summed E-state index contributed by atoms with van der Waals surface area (Å²) in [5.41, 5.74) is 9.87. The smallest absolute Gasteiger partial charge is 0.130 e. The van der Waals surface area contributed by atoms with Crippen molar-refractivity contribution in [1.82, 2.24) is 4.98 Å². The minimum Gasteiger partial charge on any atom is -0.496 e. The fraction of sp³-hybridized carbons (Fsp3) is 0.222.